The second kappa shape index (κ2) is 6.88. The molecule has 1 heterocycles. The molecular formula is C15H20N4O2. The molecule has 0 unspecified atom stereocenters. The van der Waals surface area contributed by atoms with E-state index in [1.165, 1.54) is 6.92 Å². The molecule has 6 heteroatoms. The van der Waals surface area contributed by atoms with Crippen LogP contribution in [0.15, 0.2) is 24.3 Å². The van der Waals surface area contributed by atoms with Crippen LogP contribution < -0.4 is 10.1 Å². The number of nitrogens with one attached hydrogen (secondary N) is 1. The second-order valence-corrected chi connectivity index (χ2v) is 4.77. The first-order valence-electron chi connectivity index (χ1n) is 6.91. The zero-order valence-corrected chi connectivity index (χ0v) is 12.6. The fourth-order valence-electron chi connectivity index (χ4n) is 2.06. The molecule has 2 rings (SSSR count). The third kappa shape index (κ3) is 4.05. The fourth-order valence-corrected chi connectivity index (χ4v) is 2.06. The van der Waals surface area contributed by atoms with Crippen molar-refractivity contribution in [1.29, 1.82) is 0 Å². The first kappa shape index (κ1) is 15.0. The van der Waals surface area contributed by atoms with Gasteiger partial charge in [-0.2, -0.15) is 5.10 Å². The average molecular weight is 288 g/mol. The lowest BCUT2D eigenvalue weighted by Gasteiger charge is -2.07. The van der Waals surface area contributed by atoms with E-state index in [0.29, 0.717) is 6.54 Å². The summed E-state index contributed by atoms with van der Waals surface area (Å²) in [6.45, 7) is 4.03. The number of nitrogens with zero attached hydrogens (tertiary/aromatic N) is 3. The van der Waals surface area contributed by atoms with Gasteiger partial charge in [0.1, 0.15) is 17.4 Å². The number of rotatable bonds is 6. The van der Waals surface area contributed by atoms with Crippen LogP contribution in [0.1, 0.15) is 25.0 Å². The molecule has 0 saturated carbocycles. The van der Waals surface area contributed by atoms with Gasteiger partial charge < -0.3 is 10.1 Å². The van der Waals surface area contributed by atoms with Gasteiger partial charge >= 0.3 is 0 Å². The number of aryl methyl sites for hydroxylation is 2. The minimum atomic E-state index is -0.0113. The summed E-state index contributed by atoms with van der Waals surface area (Å²) in [5.41, 5.74) is 0.950. The SMILES string of the molecule is COc1ccc(-n2nc(C)nc2CCCNC(C)=O)cc1. The predicted octanol–water partition coefficient (Wildman–Crippen LogP) is 1.65. The van der Waals surface area contributed by atoms with Crippen molar-refractivity contribution in [3.8, 4) is 11.4 Å². The maximum Gasteiger partial charge on any atom is 0.216 e. The quantitative estimate of drug-likeness (QED) is 0.821. The molecule has 0 bridgehead atoms. The lowest BCUT2D eigenvalue weighted by atomic mass is 10.2. The number of benzene rings is 1. The van der Waals surface area contributed by atoms with E-state index in [2.05, 4.69) is 15.4 Å². The maximum atomic E-state index is 10.9. The fraction of sp³-hybridized carbons (Fsp3) is 0.400. The summed E-state index contributed by atoms with van der Waals surface area (Å²) >= 11 is 0. The van der Waals surface area contributed by atoms with Crippen LogP contribution in [0.4, 0.5) is 0 Å². The minimum Gasteiger partial charge on any atom is -0.497 e. The number of hydrogen-bond donors (Lipinski definition) is 1. The van der Waals surface area contributed by atoms with Crippen molar-refractivity contribution in [1.82, 2.24) is 20.1 Å². The molecule has 0 aliphatic heterocycles. The summed E-state index contributed by atoms with van der Waals surface area (Å²) in [5, 5.41) is 7.21. The van der Waals surface area contributed by atoms with E-state index in [0.717, 1.165) is 35.9 Å². The van der Waals surface area contributed by atoms with Gasteiger partial charge in [0.15, 0.2) is 0 Å². The van der Waals surface area contributed by atoms with Crippen LogP contribution in [0, 0.1) is 6.92 Å². The summed E-state index contributed by atoms with van der Waals surface area (Å²) in [5.74, 6) is 2.42. The normalized spacial score (nSPS) is 10.4. The standard InChI is InChI=1S/C15H20N4O2/c1-11-17-15(5-4-10-16-12(2)20)19(18-11)13-6-8-14(21-3)9-7-13/h6-9H,4-5,10H2,1-3H3,(H,16,20). The van der Waals surface area contributed by atoms with E-state index in [9.17, 15) is 4.79 Å². The highest BCUT2D eigenvalue weighted by Gasteiger charge is 2.09. The van der Waals surface area contributed by atoms with Gasteiger partial charge in [-0.15, -0.1) is 0 Å². The van der Waals surface area contributed by atoms with Crippen molar-refractivity contribution in [3.05, 3.63) is 35.9 Å². The predicted molar refractivity (Wildman–Crippen MR) is 79.7 cm³/mol. The molecule has 1 aromatic heterocycles. The highest BCUT2D eigenvalue weighted by molar-refractivity contribution is 5.72. The third-order valence-corrected chi connectivity index (χ3v) is 3.05. The van der Waals surface area contributed by atoms with Gasteiger partial charge in [-0.1, -0.05) is 0 Å². The van der Waals surface area contributed by atoms with Crippen molar-refractivity contribution in [3.63, 3.8) is 0 Å². The summed E-state index contributed by atoms with van der Waals surface area (Å²) in [7, 11) is 1.64. The molecule has 0 fully saturated rings. The number of carbonyl (C=O) groups is 1. The van der Waals surface area contributed by atoms with Crippen molar-refractivity contribution < 1.29 is 9.53 Å². The Labute approximate surface area is 124 Å². The number of methoxy groups -OCH3 is 1. The Morgan fingerprint density at radius 3 is 2.67 bits per heavy atom. The molecule has 1 N–H and O–H groups in total. The summed E-state index contributed by atoms with van der Waals surface area (Å²) in [4.78, 5) is 15.3. The molecule has 0 aliphatic carbocycles. The lowest BCUT2D eigenvalue weighted by molar-refractivity contribution is -0.118. The van der Waals surface area contributed by atoms with E-state index < -0.39 is 0 Å². The number of carbonyl (C=O) groups excluding carboxylic acids is 1. The summed E-state index contributed by atoms with van der Waals surface area (Å²) in [6.07, 6.45) is 1.58. The first-order valence-corrected chi connectivity index (χ1v) is 6.91. The van der Waals surface area contributed by atoms with Crippen LogP contribution in [0.5, 0.6) is 5.75 Å². The zero-order chi connectivity index (χ0) is 15.2. The van der Waals surface area contributed by atoms with Gasteiger partial charge in [0.05, 0.1) is 12.8 Å². The van der Waals surface area contributed by atoms with Crippen LogP contribution in [-0.4, -0.2) is 34.3 Å². The molecule has 2 aromatic rings. The molecule has 0 atom stereocenters. The van der Waals surface area contributed by atoms with Gasteiger partial charge in [0.25, 0.3) is 0 Å². The lowest BCUT2D eigenvalue weighted by Crippen LogP contribution is -2.21. The van der Waals surface area contributed by atoms with Crippen LogP contribution in [0.25, 0.3) is 5.69 Å². The average Bonchev–Trinajstić information content (AvgIpc) is 2.84. The molecule has 1 amide bonds. The number of amides is 1. The topological polar surface area (TPSA) is 69.0 Å². The largest absolute Gasteiger partial charge is 0.497 e. The van der Waals surface area contributed by atoms with Crippen LogP contribution >= 0.6 is 0 Å². The Morgan fingerprint density at radius 1 is 1.33 bits per heavy atom. The Hall–Kier alpha value is -2.37. The molecule has 112 valence electrons. The van der Waals surface area contributed by atoms with Gasteiger partial charge in [0.2, 0.25) is 5.91 Å². The van der Waals surface area contributed by atoms with Gasteiger partial charge in [-0.3, -0.25) is 4.79 Å². The second-order valence-electron chi connectivity index (χ2n) is 4.77. The van der Waals surface area contributed by atoms with Crippen molar-refractivity contribution >= 4 is 5.91 Å². The number of hydrogen-bond acceptors (Lipinski definition) is 4. The zero-order valence-electron chi connectivity index (χ0n) is 12.6. The molecule has 21 heavy (non-hydrogen) atoms. The molecule has 0 spiro atoms. The van der Waals surface area contributed by atoms with Gasteiger partial charge in [-0.25, -0.2) is 9.67 Å². The van der Waals surface area contributed by atoms with Crippen molar-refractivity contribution in [2.75, 3.05) is 13.7 Å². The molecule has 1 aromatic carbocycles. The number of aromatic nitrogens is 3. The smallest absolute Gasteiger partial charge is 0.216 e. The third-order valence-electron chi connectivity index (χ3n) is 3.05. The Morgan fingerprint density at radius 2 is 2.05 bits per heavy atom. The highest BCUT2D eigenvalue weighted by Crippen LogP contribution is 2.16. The first-order chi connectivity index (χ1) is 10.1. The van der Waals surface area contributed by atoms with Crippen molar-refractivity contribution in [2.45, 2.75) is 26.7 Å². The van der Waals surface area contributed by atoms with Crippen molar-refractivity contribution in [2.24, 2.45) is 0 Å². The van der Waals surface area contributed by atoms with E-state index in [-0.39, 0.29) is 5.91 Å². The van der Waals surface area contributed by atoms with E-state index in [4.69, 9.17) is 4.74 Å². The van der Waals surface area contributed by atoms with Gasteiger partial charge in [-0.05, 0) is 37.6 Å². The molecule has 0 radical (unpaired) electrons. The molecular weight excluding hydrogens is 268 g/mol. The Bertz CT molecular complexity index is 605. The van der Waals surface area contributed by atoms with E-state index in [1.54, 1.807) is 7.11 Å². The number of ether oxygens (including phenoxy) is 1. The maximum absolute atomic E-state index is 10.9. The Balaban J connectivity index is 2.10. The summed E-state index contributed by atoms with van der Waals surface area (Å²) in [6, 6.07) is 7.69. The highest BCUT2D eigenvalue weighted by atomic mass is 16.5. The molecule has 6 nitrogen and oxygen atoms in total. The van der Waals surface area contributed by atoms with Crippen LogP contribution in [0.2, 0.25) is 0 Å². The van der Waals surface area contributed by atoms with Gasteiger partial charge in [0, 0.05) is 19.9 Å². The van der Waals surface area contributed by atoms with Crippen LogP contribution in [0.3, 0.4) is 0 Å². The van der Waals surface area contributed by atoms with E-state index in [1.807, 2.05) is 35.9 Å². The molecule has 0 aliphatic rings. The summed E-state index contributed by atoms with van der Waals surface area (Å²) < 4.78 is 6.99. The van der Waals surface area contributed by atoms with Crippen LogP contribution in [-0.2, 0) is 11.2 Å². The van der Waals surface area contributed by atoms with E-state index >= 15 is 0 Å². The minimum absolute atomic E-state index is 0.0113. The monoisotopic (exact) mass is 288 g/mol. The molecule has 0 saturated heterocycles. The Kier molecular flexibility index (Phi) is 4.92.